The molecular weight excluding hydrogens is 259 g/mol. The van der Waals surface area contributed by atoms with Crippen molar-refractivity contribution in [3.05, 3.63) is 0 Å². The Bertz CT molecular complexity index is 93.5. The van der Waals surface area contributed by atoms with E-state index in [-0.39, 0.29) is 24.0 Å². The Kier molecular flexibility index (Phi) is 20.6. The van der Waals surface area contributed by atoms with Crippen molar-refractivity contribution in [1.82, 2.24) is 0 Å². The van der Waals surface area contributed by atoms with Crippen LogP contribution in [0, 0.1) is 0 Å². The van der Waals surface area contributed by atoms with E-state index in [4.69, 9.17) is 15.3 Å². The van der Waals surface area contributed by atoms with Crippen molar-refractivity contribution < 1.29 is 39.4 Å². The Labute approximate surface area is 119 Å². The largest absolute Gasteiger partial charge is 0.870 e. The van der Waals surface area contributed by atoms with Crippen LogP contribution in [0.1, 0.15) is 62.3 Å². The summed E-state index contributed by atoms with van der Waals surface area (Å²) in [4.78, 5) is 0. The molecule has 0 heterocycles. The molecule has 5 heteroatoms. The molecule has 0 spiro atoms. The standard InChI is InChI=1S/3C4H10O.H2O.V/c3*1-4(2,3)5;;/h3*5H,1-3H3;1H2;/p-1. The van der Waals surface area contributed by atoms with Gasteiger partial charge in [0.2, 0.25) is 0 Å². The Morgan fingerprint density at radius 3 is 0.471 bits per heavy atom. The van der Waals surface area contributed by atoms with Crippen LogP contribution in [0.2, 0.25) is 0 Å². The molecule has 0 bridgehead atoms. The molecule has 0 aliphatic carbocycles. The van der Waals surface area contributed by atoms with E-state index in [1.807, 2.05) is 0 Å². The average molecular weight is 290 g/mol. The van der Waals surface area contributed by atoms with Crippen LogP contribution in [0.15, 0.2) is 0 Å². The molecule has 109 valence electrons. The van der Waals surface area contributed by atoms with Crippen LogP contribution in [0.25, 0.3) is 0 Å². The van der Waals surface area contributed by atoms with Crippen molar-refractivity contribution in [2.24, 2.45) is 0 Å². The maximum absolute atomic E-state index is 8.52. The SMILES string of the molecule is CC(C)(C)O.CC(C)(C)O.CC(C)(C)O.[OH-].[V]. The molecule has 4 N–H and O–H groups in total. The van der Waals surface area contributed by atoms with E-state index in [1.54, 1.807) is 62.3 Å². The first kappa shape index (κ1) is 30.4. The van der Waals surface area contributed by atoms with Gasteiger partial charge in [-0.1, -0.05) is 0 Å². The second kappa shape index (κ2) is 11.5. The molecule has 4 nitrogen and oxygen atoms in total. The van der Waals surface area contributed by atoms with Gasteiger partial charge in [0.1, 0.15) is 0 Å². The summed E-state index contributed by atoms with van der Waals surface area (Å²) >= 11 is 0. The third-order valence-corrected chi connectivity index (χ3v) is 0. The summed E-state index contributed by atoms with van der Waals surface area (Å²) in [7, 11) is 0. The van der Waals surface area contributed by atoms with Crippen molar-refractivity contribution in [2.75, 3.05) is 0 Å². The van der Waals surface area contributed by atoms with E-state index in [9.17, 15) is 0 Å². The number of aliphatic hydroxyl groups is 3. The minimum atomic E-state index is -0.500. The van der Waals surface area contributed by atoms with Gasteiger partial charge in [-0.25, -0.2) is 0 Å². The maximum atomic E-state index is 8.52. The second-order valence-corrected chi connectivity index (χ2v) is 6.51. The summed E-state index contributed by atoms with van der Waals surface area (Å²) in [6.45, 7) is 15.7. The van der Waals surface area contributed by atoms with Crippen LogP contribution >= 0.6 is 0 Å². The van der Waals surface area contributed by atoms with Gasteiger partial charge in [-0.15, -0.1) is 0 Å². The van der Waals surface area contributed by atoms with E-state index in [1.165, 1.54) is 0 Å². The minimum Gasteiger partial charge on any atom is -0.870 e. The smallest absolute Gasteiger partial charge is 0.0563 e. The van der Waals surface area contributed by atoms with Crippen LogP contribution in [0.5, 0.6) is 0 Å². The zero-order valence-corrected chi connectivity index (χ0v) is 14.1. The van der Waals surface area contributed by atoms with Gasteiger partial charge in [-0.2, -0.15) is 0 Å². The van der Waals surface area contributed by atoms with Crippen LogP contribution in [-0.4, -0.2) is 37.6 Å². The fourth-order valence-electron chi connectivity index (χ4n) is 0. The van der Waals surface area contributed by atoms with Gasteiger partial charge in [-0.3, -0.25) is 0 Å². The summed E-state index contributed by atoms with van der Waals surface area (Å²) in [5.74, 6) is 0. The normalized spacial score (nSPS) is 10.6. The second-order valence-electron chi connectivity index (χ2n) is 6.51. The van der Waals surface area contributed by atoms with Gasteiger partial charge in [0, 0.05) is 18.6 Å². The van der Waals surface area contributed by atoms with E-state index < -0.39 is 16.8 Å². The van der Waals surface area contributed by atoms with Gasteiger partial charge in [0.25, 0.3) is 0 Å². The predicted octanol–water partition coefficient (Wildman–Crippen LogP) is 2.15. The average Bonchev–Trinajstić information content (AvgIpc) is 1.41. The molecule has 0 saturated carbocycles. The summed E-state index contributed by atoms with van der Waals surface area (Å²) < 4.78 is 0. The molecule has 1 radical (unpaired) electrons. The molecule has 0 aromatic carbocycles. The maximum Gasteiger partial charge on any atom is 0.0563 e. The molecule has 0 atom stereocenters. The van der Waals surface area contributed by atoms with Crippen molar-refractivity contribution in [3.63, 3.8) is 0 Å². The molecule has 0 aromatic heterocycles. The van der Waals surface area contributed by atoms with Crippen LogP contribution in [-0.2, 0) is 18.6 Å². The first-order valence-electron chi connectivity index (χ1n) is 5.17. The molecule has 0 rings (SSSR count). The topological polar surface area (TPSA) is 90.7 Å². The van der Waals surface area contributed by atoms with E-state index in [2.05, 4.69) is 0 Å². The molecule has 0 saturated heterocycles. The Balaban J connectivity index is -0.0000000400. The minimum absolute atomic E-state index is 0. The Morgan fingerprint density at radius 1 is 0.471 bits per heavy atom. The van der Waals surface area contributed by atoms with Crippen molar-refractivity contribution in [3.8, 4) is 0 Å². The zero-order chi connectivity index (χ0) is 13.5. The van der Waals surface area contributed by atoms with Crippen molar-refractivity contribution in [1.29, 1.82) is 0 Å². The van der Waals surface area contributed by atoms with Gasteiger partial charge in [0.05, 0.1) is 16.8 Å². The molecule has 0 amide bonds. The summed E-state index contributed by atoms with van der Waals surface area (Å²) in [5.41, 5.74) is -1.50. The molecule has 0 unspecified atom stereocenters. The molecule has 0 aliphatic heterocycles. The monoisotopic (exact) mass is 290 g/mol. The summed E-state index contributed by atoms with van der Waals surface area (Å²) in [5, 5.41) is 25.6. The molecule has 0 fully saturated rings. The number of hydrogen-bond donors (Lipinski definition) is 3. The van der Waals surface area contributed by atoms with Crippen molar-refractivity contribution >= 4 is 0 Å². The van der Waals surface area contributed by atoms with Gasteiger partial charge in [0.15, 0.2) is 0 Å². The Morgan fingerprint density at radius 2 is 0.471 bits per heavy atom. The van der Waals surface area contributed by atoms with E-state index >= 15 is 0 Å². The first-order valence-corrected chi connectivity index (χ1v) is 5.17. The molecule has 0 aromatic rings. The van der Waals surface area contributed by atoms with Crippen LogP contribution in [0.3, 0.4) is 0 Å². The third-order valence-electron chi connectivity index (χ3n) is 0. The Hall–Kier alpha value is 0.424. The summed E-state index contributed by atoms with van der Waals surface area (Å²) in [6.07, 6.45) is 0. The fraction of sp³-hybridized carbons (Fsp3) is 1.00. The molecule has 0 aliphatic rings. The molecule has 17 heavy (non-hydrogen) atoms. The number of rotatable bonds is 0. The third kappa shape index (κ3) is 19000. The van der Waals surface area contributed by atoms with E-state index in [0.29, 0.717) is 0 Å². The first-order chi connectivity index (χ1) is 6.00. The van der Waals surface area contributed by atoms with Crippen LogP contribution < -0.4 is 0 Å². The van der Waals surface area contributed by atoms with Crippen molar-refractivity contribution in [2.45, 2.75) is 79.1 Å². The molecular formula is C12H31O4V-. The summed E-state index contributed by atoms with van der Waals surface area (Å²) in [6, 6.07) is 0. The van der Waals surface area contributed by atoms with Crippen LogP contribution in [0.4, 0.5) is 0 Å². The van der Waals surface area contributed by atoms with Gasteiger partial charge in [-0.05, 0) is 62.3 Å². The van der Waals surface area contributed by atoms with E-state index in [0.717, 1.165) is 0 Å². The quantitative estimate of drug-likeness (QED) is 0.637. The van der Waals surface area contributed by atoms with Gasteiger partial charge < -0.3 is 20.8 Å². The zero-order valence-electron chi connectivity index (χ0n) is 12.7. The number of hydrogen-bond acceptors (Lipinski definition) is 4. The fourth-order valence-corrected chi connectivity index (χ4v) is 0. The predicted molar refractivity (Wildman–Crippen MR) is 67.9 cm³/mol. The van der Waals surface area contributed by atoms with Gasteiger partial charge >= 0.3 is 0 Å².